The number of carbonyl (C=O) groups is 2. The van der Waals surface area contributed by atoms with Crippen LogP contribution in [0.2, 0.25) is 0 Å². The van der Waals surface area contributed by atoms with Crippen LogP contribution in [-0.4, -0.2) is 71.3 Å². The highest BCUT2D eigenvalue weighted by molar-refractivity contribution is 5.82. The van der Waals surface area contributed by atoms with Crippen LogP contribution in [0.5, 0.6) is 17.2 Å². The molecule has 2 heterocycles. The van der Waals surface area contributed by atoms with Gasteiger partial charge in [-0.2, -0.15) is 0 Å². The quantitative estimate of drug-likeness (QED) is 0.209. The van der Waals surface area contributed by atoms with Gasteiger partial charge in [-0.15, -0.1) is 0 Å². The Kier molecular flexibility index (Phi) is 12.5. The first kappa shape index (κ1) is 35.2. The number of likely N-dealkylation sites (N-methyl/N-ethyl adjacent to an activating group) is 1. The van der Waals surface area contributed by atoms with Crippen LogP contribution in [0.4, 0.5) is 4.39 Å². The van der Waals surface area contributed by atoms with E-state index in [9.17, 15) is 9.59 Å². The zero-order valence-corrected chi connectivity index (χ0v) is 27.9. The molecule has 1 saturated heterocycles. The lowest BCUT2D eigenvalue weighted by Gasteiger charge is -2.43. The van der Waals surface area contributed by atoms with Crippen molar-refractivity contribution in [1.82, 2.24) is 25.1 Å². The van der Waals surface area contributed by atoms with E-state index in [0.29, 0.717) is 54.8 Å². The number of amides is 1. The number of piperazine rings is 1. The van der Waals surface area contributed by atoms with Crippen molar-refractivity contribution in [3.05, 3.63) is 102 Å². The molecule has 1 aromatic heterocycles. The number of hydrogen-bond donors (Lipinski definition) is 1. The summed E-state index contributed by atoms with van der Waals surface area (Å²) < 4.78 is 27.0. The van der Waals surface area contributed by atoms with Gasteiger partial charge in [-0.1, -0.05) is 56.3 Å². The van der Waals surface area contributed by atoms with Crippen LogP contribution in [0.3, 0.4) is 0 Å². The number of aryl methyl sites for hydroxylation is 1. The second kappa shape index (κ2) is 16.8. The van der Waals surface area contributed by atoms with Crippen molar-refractivity contribution in [1.29, 1.82) is 0 Å². The zero-order valence-electron chi connectivity index (χ0n) is 27.9. The average molecular weight is 642 g/mol. The summed E-state index contributed by atoms with van der Waals surface area (Å²) in [6, 6.07) is 19.8. The number of nitrogens with one attached hydrogen (secondary N) is 1. The van der Waals surface area contributed by atoms with Crippen molar-refractivity contribution in [2.45, 2.75) is 52.9 Å². The van der Waals surface area contributed by atoms with E-state index in [-0.39, 0.29) is 23.7 Å². The maximum Gasteiger partial charge on any atom is 0.238 e. The molecule has 1 fully saturated rings. The fourth-order valence-corrected chi connectivity index (χ4v) is 5.22. The van der Waals surface area contributed by atoms with Gasteiger partial charge in [0, 0.05) is 61.7 Å². The summed E-state index contributed by atoms with van der Waals surface area (Å²) in [7, 11) is 3.54. The number of para-hydroxylation sites is 1. The average Bonchev–Trinajstić information content (AvgIpc) is 3.08. The van der Waals surface area contributed by atoms with E-state index >= 15 is 4.39 Å². The molecule has 3 aromatic carbocycles. The summed E-state index contributed by atoms with van der Waals surface area (Å²) in [6.07, 6.45) is 4.34. The Morgan fingerprint density at radius 2 is 1.68 bits per heavy atom. The molecule has 0 spiro atoms. The Labute approximate surface area is 276 Å². The van der Waals surface area contributed by atoms with Crippen molar-refractivity contribution < 1.29 is 23.5 Å². The standard InChI is InChI=1S/C33H36FN5O3.C4H8O/c1-22-8-5-11-30(41-4)31(22)42-29-10-6-9-27(34)26(29)20-39-19-23(2)38(3)28(21-39)33(40)37-18-24-12-14-25(15-13-24)32-35-16-7-17-36-32;1-4(2)3-5/h5-17,23,28H,18-21H2,1-4H3,(H,37,40);3-4H,1-2H3. The van der Waals surface area contributed by atoms with Crippen LogP contribution >= 0.6 is 0 Å². The number of halogens is 1. The Bertz CT molecular complexity index is 1620. The smallest absolute Gasteiger partial charge is 0.238 e. The van der Waals surface area contributed by atoms with Gasteiger partial charge in [-0.05, 0) is 56.3 Å². The minimum atomic E-state index is -0.390. The molecular formula is C37H44FN5O4. The number of methoxy groups -OCH3 is 1. The van der Waals surface area contributed by atoms with Gasteiger partial charge in [-0.25, -0.2) is 14.4 Å². The van der Waals surface area contributed by atoms with Crippen LogP contribution in [0.25, 0.3) is 11.4 Å². The van der Waals surface area contributed by atoms with Gasteiger partial charge >= 0.3 is 0 Å². The van der Waals surface area contributed by atoms with E-state index < -0.39 is 6.04 Å². The molecule has 1 amide bonds. The van der Waals surface area contributed by atoms with Crippen molar-refractivity contribution in [3.63, 3.8) is 0 Å². The number of aldehydes is 1. The maximum absolute atomic E-state index is 15.2. The molecule has 1 aliphatic rings. The minimum Gasteiger partial charge on any atom is -0.493 e. The van der Waals surface area contributed by atoms with Crippen LogP contribution < -0.4 is 14.8 Å². The molecule has 9 nitrogen and oxygen atoms in total. The molecule has 1 N–H and O–H groups in total. The van der Waals surface area contributed by atoms with Gasteiger partial charge in [0.25, 0.3) is 0 Å². The van der Waals surface area contributed by atoms with Crippen molar-refractivity contribution >= 4 is 12.2 Å². The number of aromatic nitrogens is 2. The molecule has 0 bridgehead atoms. The van der Waals surface area contributed by atoms with E-state index in [1.807, 2.05) is 70.3 Å². The summed E-state index contributed by atoms with van der Waals surface area (Å²) in [5.41, 5.74) is 3.23. The second-order valence-electron chi connectivity index (χ2n) is 12.0. The number of hydrogen-bond acceptors (Lipinski definition) is 8. The number of rotatable bonds is 10. The Balaban J connectivity index is 0.000000930. The predicted octanol–water partition coefficient (Wildman–Crippen LogP) is 6.05. The molecule has 10 heteroatoms. The lowest BCUT2D eigenvalue weighted by molar-refractivity contribution is -0.130. The van der Waals surface area contributed by atoms with Crippen LogP contribution in [0.15, 0.2) is 79.1 Å². The maximum atomic E-state index is 15.2. The summed E-state index contributed by atoms with van der Waals surface area (Å²) in [6.45, 7) is 9.56. The van der Waals surface area contributed by atoms with Gasteiger partial charge in [0.2, 0.25) is 5.91 Å². The molecule has 2 unspecified atom stereocenters. The summed E-state index contributed by atoms with van der Waals surface area (Å²) >= 11 is 0. The van der Waals surface area contributed by atoms with Gasteiger partial charge in [0.1, 0.15) is 23.9 Å². The van der Waals surface area contributed by atoms with Gasteiger partial charge < -0.3 is 19.6 Å². The number of carbonyl (C=O) groups excluding carboxylic acids is 2. The highest BCUT2D eigenvalue weighted by Gasteiger charge is 2.34. The largest absolute Gasteiger partial charge is 0.493 e. The van der Waals surface area contributed by atoms with E-state index in [1.54, 1.807) is 37.7 Å². The predicted molar refractivity (Wildman–Crippen MR) is 181 cm³/mol. The van der Waals surface area contributed by atoms with E-state index in [4.69, 9.17) is 9.47 Å². The first-order chi connectivity index (χ1) is 22.6. The number of ether oxygens (including phenoxy) is 2. The van der Waals surface area contributed by atoms with Crippen molar-refractivity contribution in [3.8, 4) is 28.6 Å². The highest BCUT2D eigenvalue weighted by atomic mass is 19.1. The fraction of sp³-hybridized carbons (Fsp3) is 0.351. The molecule has 248 valence electrons. The van der Waals surface area contributed by atoms with Crippen LogP contribution in [0, 0.1) is 18.7 Å². The molecule has 1 aliphatic heterocycles. The molecular weight excluding hydrogens is 597 g/mol. The Hall–Kier alpha value is -4.67. The second-order valence-corrected chi connectivity index (χ2v) is 12.0. The van der Waals surface area contributed by atoms with E-state index in [0.717, 1.165) is 23.0 Å². The normalized spacial score (nSPS) is 16.6. The Morgan fingerprint density at radius 1 is 1.02 bits per heavy atom. The minimum absolute atomic E-state index is 0.0702. The van der Waals surface area contributed by atoms with E-state index in [2.05, 4.69) is 32.0 Å². The lowest BCUT2D eigenvalue weighted by atomic mass is 10.0. The van der Waals surface area contributed by atoms with Crippen LogP contribution in [0.1, 0.15) is 37.5 Å². The van der Waals surface area contributed by atoms with Gasteiger partial charge in [-0.3, -0.25) is 14.6 Å². The van der Waals surface area contributed by atoms with Crippen molar-refractivity contribution in [2.24, 2.45) is 5.92 Å². The third-order valence-electron chi connectivity index (χ3n) is 8.03. The summed E-state index contributed by atoms with van der Waals surface area (Å²) in [5, 5.41) is 3.09. The van der Waals surface area contributed by atoms with Crippen molar-refractivity contribution in [2.75, 3.05) is 27.2 Å². The van der Waals surface area contributed by atoms with E-state index in [1.165, 1.54) is 6.07 Å². The monoisotopic (exact) mass is 641 g/mol. The molecule has 0 saturated carbocycles. The summed E-state index contributed by atoms with van der Waals surface area (Å²) in [5.74, 6) is 2.01. The van der Waals surface area contributed by atoms with Crippen LogP contribution in [-0.2, 0) is 22.7 Å². The van der Waals surface area contributed by atoms with Gasteiger partial charge in [0.05, 0.1) is 7.11 Å². The molecule has 0 radical (unpaired) electrons. The molecule has 4 aromatic rings. The molecule has 5 rings (SSSR count). The fourth-order valence-electron chi connectivity index (χ4n) is 5.22. The molecule has 2 atom stereocenters. The highest BCUT2D eigenvalue weighted by Crippen LogP contribution is 2.37. The van der Waals surface area contributed by atoms with Gasteiger partial charge in [0.15, 0.2) is 17.3 Å². The first-order valence-electron chi connectivity index (χ1n) is 15.7. The SMILES string of the molecule is CC(C)C=O.COc1cccc(C)c1Oc1cccc(F)c1CN1CC(C)N(C)C(C(=O)NCc2ccc(-c3ncccn3)cc2)C1. The number of benzene rings is 3. The topological polar surface area (TPSA) is 96.9 Å². The molecule has 0 aliphatic carbocycles. The summed E-state index contributed by atoms with van der Waals surface area (Å²) in [4.78, 5) is 35.6. The lowest BCUT2D eigenvalue weighted by Crippen LogP contribution is -2.60. The third kappa shape index (κ3) is 9.43. The first-order valence-corrected chi connectivity index (χ1v) is 15.7. The molecule has 47 heavy (non-hydrogen) atoms. The number of nitrogens with zero attached hydrogens (tertiary/aromatic N) is 4. The third-order valence-corrected chi connectivity index (χ3v) is 8.03. The zero-order chi connectivity index (χ0) is 33.9. The Morgan fingerprint density at radius 3 is 2.34 bits per heavy atom.